The largest absolute Gasteiger partial charge is 0.444 e. The molecular formula is C17H23F2NO3. The Balaban J connectivity index is 2.12. The number of ether oxygens (including phenoxy) is 1. The molecule has 0 radical (unpaired) electrons. The van der Waals surface area contributed by atoms with Gasteiger partial charge in [0.2, 0.25) is 0 Å². The van der Waals surface area contributed by atoms with Crippen molar-refractivity contribution in [2.24, 2.45) is 0 Å². The van der Waals surface area contributed by atoms with Crippen molar-refractivity contribution >= 4 is 6.09 Å². The molecule has 1 aliphatic rings. The van der Waals surface area contributed by atoms with Crippen LogP contribution in [0.4, 0.5) is 13.6 Å². The van der Waals surface area contributed by atoms with Gasteiger partial charge in [0.25, 0.3) is 5.92 Å². The number of hydrogen-bond donors (Lipinski definition) is 1. The van der Waals surface area contributed by atoms with Crippen molar-refractivity contribution in [1.82, 2.24) is 4.90 Å². The van der Waals surface area contributed by atoms with Gasteiger partial charge < -0.3 is 14.7 Å². The third-order valence-electron chi connectivity index (χ3n) is 3.79. The number of benzene rings is 1. The molecule has 1 aromatic rings. The third-order valence-corrected chi connectivity index (χ3v) is 3.79. The summed E-state index contributed by atoms with van der Waals surface area (Å²) in [6.45, 7) is 4.49. The predicted octanol–water partition coefficient (Wildman–Crippen LogP) is 3.54. The van der Waals surface area contributed by atoms with Crippen molar-refractivity contribution in [2.75, 3.05) is 13.1 Å². The number of nitrogens with zero attached hydrogens (tertiary/aromatic N) is 1. The lowest BCUT2D eigenvalue weighted by molar-refractivity contribution is -0.0849. The van der Waals surface area contributed by atoms with Gasteiger partial charge in [0.15, 0.2) is 0 Å². The van der Waals surface area contributed by atoms with Crippen LogP contribution in [0.3, 0.4) is 0 Å². The fourth-order valence-corrected chi connectivity index (χ4v) is 2.74. The lowest BCUT2D eigenvalue weighted by Gasteiger charge is -2.39. The Hall–Kier alpha value is -1.69. The van der Waals surface area contributed by atoms with E-state index in [1.807, 2.05) is 0 Å². The van der Waals surface area contributed by atoms with E-state index in [0.717, 1.165) is 4.90 Å². The van der Waals surface area contributed by atoms with Crippen molar-refractivity contribution in [3.8, 4) is 0 Å². The molecule has 0 saturated carbocycles. The van der Waals surface area contributed by atoms with Gasteiger partial charge in [-0.25, -0.2) is 13.6 Å². The number of alkyl halides is 2. The highest BCUT2D eigenvalue weighted by Gasteiger charge is 2.47. The van der Waals surface area contributed by atoms with E-state index >= 15 is 0 Å². The molecule has 0 aromatic heterocycles. The van der Waals surface area contributed by atoms with Gasteiger partial charge in [0, 0.05) is 6.54 Å². The average molecular weight is 327 g/mol. The van der Waals surface area contributed by atoms with Crippen molar-refractivity contribution < 1.29 is 23.4 Å². The van der Waals surface area contributed by atoms with Gasteiger partial charge >= 0.3 is 6.09 Å². The Labute approximate surface area is 135 Å². The van der Waals surface area contributed by atoms with Crippen LogP contribution in [0.2, 0.25) is 0 Å². The zero-order valence-electron chi connectivity index (χ0n) is 13.7. The van der Waals surface area contributed by atoms with Crippen LogP contribution < -0.4 is 0 Å². The number of carbonyl (C=O) groups excluding carboxylic acids is 1. The van der Waals surface area contributed by atoms with E-state index in [9.17, 15) is 13.6 Å². The van der Waals surface area contributed by atoms with E-state index in [1.165, 1.54) is 0 Å². The number of halogens is 2. The van der Waals surface area contributed by atoms with Gasteiger partial charge in [0.1, 0.15) is 5.60 Å². The number of piperidine rings is 1. The Morgan fingerprint density at radius 3 is 2.70 bits per heavy atom. The SMILES string of the molecule is CC(C)(C)OC(=O)N1CCC(c2cccc(CO)c2)C(F)(F)C1. The van der Waals surface area contributed by atoms with Gasteiger partial charge in [-0.2, -0.15) is 0 Å². The van der Waals surface area contributed by atoms with Crippen LogP contribution in [0.15, 0.2) is 24.3 Å². The zero-order chi connectivity index (χ0) is 17.3. The van der Waals surface area contributed by atoms with Gasteiger partial charge in [-0.05, 0) is 38.3 Å². The van der Waals surface area contributed by atoms with E-state index in [4.69, 9.17) is 9.84 Å². The molecule has 4 nitrogen and oxygen atoms in total. The first kappa shape index (κ1) is 17.7. The summed E-state index contributed by atoms with van der Waals surface area (Å²) in [5.74, 6) is -4.00. The number of aliphatic hydroxyl groups excluding tert-OH is 1. The maximum atomic E-state index is 14.5. The molecule has 1 unspecified atom stereocenters. The van der Waals surface area contributed by atoms with Crippen LogP contribution in [0.5, 0.6) is 0 Å². The predicted molar refractivity (Wildman–Crippen MR) is 82.5 cm³/mol. The molecule has 1 atom stereocenters. The summed E-state index contributed by atoms with van der Waals surface area (Å²) < 4.78 is 34.2. The highest BCUT2D eigenvalue weighted by Crippen LogP contribution is 2.40. The average Bonchev–Trinajstić information content (AvgIpc) is 2.44. The molecule has 2 rings (SSSR count). The molecule has 1 heterocycles. The third kappa shape index (κ3) is 4.41. The normalized spacial score (nSPS) is 21.1. The number of rotatable bonds is 2. The molecule has 1 aliphatic heterocycles. The summed E-state index contributed by atoms with van der Waals surface area (Å²) in [4.78, 5) is 13.0. The maximum absolute atomic E-state index is 14.5. The number of amides is 1. The van der Waals surface area contributed by atoms with E-state index < -0.39 is 30.1 Å². The smallest absolute Gasteiger partial charge is 0.410 e. The molecule has 1 amide bonds. The quantitative estimate of drug-likeness (QED) is 0.904. The molecule has 0 spiro atoms. The Morgan fingerprint density at radius 1 is 1.43 bits per heavy atom. The van der Waals surface area contributed by atoms with E-state index in [-0.39, 0.29) is 19.6 Å². The summed E-state index contributed by atoms with van der Waals surface area (Å²) in [5, 5.41) is 9.16. The van der Waals surface area contributed by atoms with Crippen molar-refractivity contribution in [3.05, 3.63) is 35.4 Å². The Kier molecular flexibility index (Phi) is 4.94. The number of aliphatic hydroxyl groups is 1. The molecule has 1 saturated heterocycles. The number of hydrogen-bond acceptors (Lipinski definition) is 3. The van der Waals surface area contributed by atoms with Gasteiger partial charge in [0.05, 0.1) is 19.1 Å². The van der Waals surface area contributed by atoms with Crippen LogP contribution in [0.25, 0.3) is 0 Å². The molecule has 6 heteroatoms. The van der Waals surface area contributed by atoms with E-state index in [1.54, 1.807) is 45.0 Å². The highest BCUT2D eigenvalue weighted by atomic mass is 19.3. The summed E-state index contributed by atoms with van der Waals surface area (Å²) in [6.07, 6.45) is -0.555. The van der Waals surface area contributed by atoms with Crippen LogP contribution in [0.1, 0.15) is 44.2 Å². The van der Waals surface area contributed by atoms with Gasteiger partial charge in [-0.15, -0.1) is 0 Å². The summed E-state index contributed by atoms with van der Waals surface area (Å²) in [7, 11) is 0. The first-order chi connectivity index (χ1) is 10.6. The van der Waals surface area contributed by atoms with Crippen molar-refractivity contribution in [1.29, 1.82) is 0 Å². The summed E-state index contributed by atoms with van der Waals surface area (Å²) in [5.41, 5.74) is 0.386. The Bertz CT molecular complexity index is 569. The lowest BCUT2D eigenvalue weighted by Crippen LogP contribution is -2.50. The monoisotopic (exact) mass is 327 g/mol. The second-order valence-corrected chi connectivity index (χ2v) is 6.91. The van der Waals surface area contributed by atoms with E-state index in [2.05, 4.69) is 0 Å². The molecular weight excluding hydrogens is 304 g/mol. The fraction of sp³-hybridized carbons (Fsp3) is 0.588. The summed E-state index contributed by atoms with van der Waals surface area (Å²) >= 11 is 0. The topological polar surface area (TPSA) is 49.8 Å². The fourth-order valence-electron chi connectivity index (χ4n) is 2.74. The van der Waals surface area contributed by atoms with Crippen molar-refractivity contribution in [2.45, 2.75) is 51.2 Å². The summed E-state index contributed by atoms with van der Waals surface area (Å²) in [6, 6.07) is 6.59. The molecule has 23 heavy (non-hydrogen) atoms. The van der Waals surface area contributed by atoms with Crippen molar-refractivity contribution in [3.63, 3.8) is 0 Å². The molecule has 0 aliphatic carbocycles. The molecule has 1 fully saturated rings. The zero-order valence-corrected chi connectivity index (χ0v) is 13.7. The standard InChI is InChI=1S/C17H23F2NO3/c1-16(2,3)23-15(22)20-8-7-14(17(18,19)11-20)13-6-4-5-12(9-13)10-21/h4-6,9,14,21H,7-8,10-11H2,1-3H3. The van der Waals surface area contributed by atoms with Crippen LogP contribution >= 0.6 is 0 Å². The van der Waals surface area contributed by atoms with Crippen LogP contribution in [-0.2, 0) is 11.3 Å². The number of likely N-dealkylation sites (tertiary alicyclic amines) is 1. The molecule has 1 N–H and O–H groups in total. The van der Waals surface area contributed by atoms with Crippen LogP contribution in [0, 0.1) is 0 Å². The Morgan fingerprint density at radius 2 is 2.13 bits per heavy atom. The minimum atomic E-state index is -3.04. The van der Waals surface area contributed by atoms with Crippen LogP contribution in [-0.4, -0.2) is 40.7 Å². The molecule has 1 aromatic carbocycles. The first-order valence-electron chi connectivity index (χ1n) is 7.68. The molecule has 128 valence electrons. The highest BCUT2D eigenvalue weighted by molar-refractivity contribution is 5.68. The second-order valence-electron chi connectivity index (χ2n) is 6.91. The molecule has 0 bridgehead atoms. The van der Waals surface area contributed by atoms with Gasteiger partial charge in [-0.1, -0.05) is 24.3 Å². The second kappa shape index (κ2) is 6.43. The lowest BCUT2D eigenvalue weighted by atomic mass is 9.85. The first-order valence-corrected chi connectivity index (χ1v) is 7.68. The van der Waals surface area contributed by atoms with E-state index in [0.29, 0.717) is 11.1 Å². The maximum Gasteiger partial charge on any atom is 0.410 e. The minimum absolute atomic E-state index is 0.154. The minimum Gasteiger partial charge on any atom is -0.444 e. The number of carbonyl (C=O) groups is 1. The van der Waals surface area contributed by atoms with Gasteiger partial charge in [-0.3, -0.25) is 0 Å².